The maximum Gasteiger partial charge on any atom is 0.193 e. The topological polar surface area (TPSA) is 128 Å². The van der Waals surface area contributed by atoms with E-state index in [-0.39, 0.29) is 105 Å². The van der Waals surface area contributed by atoms with Crippen LogP contribution in [0.25, 0.3) is 0 Å². The van der Waals surface area contributed by atoms with Crippen LogP contribution in [0.15, 0.2) is 46.6 Å². The van der Waals surface area contributed by atoms with E-state index in [0.717, 1.165) is 48.8 Å². The molecule has 3 unspecified atom stereocenters. The van der Waals surface area contributed by atoms with Crippen molar-refractivity contribution in [1.82, 2.24) is 0 Å². The van der Waals surface area contributed by atoms with Crippen LogP contribution in [0.3, 0.4) is 0 Å². The van der Waals surface area contributed by atoms with E-state index < -0.39 is 67.1 Å². The van der Waals surface area contributed by atoms with Gasteiger partial charge in [0.2, 0.25) is 0 Å². The standard InChI is InChI=1S/C71H129I3O13Si5/c1-47-39-52(29-32-57-48(2)40-53(79-57)31-34-62-76-37-38-77-62)80-58(49(47)3)45-59-50(42-55(81-59)44-56(84-89(21,22)66(7,8)9)46-78-88(19,20)65(4,5)6)41-51(75)43-54-30-33-60-70(73,82-54)63(86-91(25,26)68(13,14)15)64(87-92(27,28)69(16,17)18)71(74,83-60)61(35-36-72)85-90(23,24)67(10,11)12/h35-36,50,52-64H,1-3,29-34,37-46H2,4-28H3/b36-35+/t50-,52+,53+,54-,55+,56?,57+,58-,59+,60+,61+,63?,64?,70-,71-/m1/s1. The first-order valence-corrected chi connectivity index (χ1v) is 52.8. The minimum atomic E-state index is -2.57. The first-order valence-electron chi connectivity index (χ1n) is 34.9. The molecule has 6 fully saturated rings. The van der Waals surface area contributed by atoms with Gasteiger partial charge in [-0.2, -0.15) is 0 Å². The molecule has 0 aromatic rings. The lowest BCUT2D eigenvalue weighted by atomic mass is 9.84. The Morgan fingerprint density at radius 3 is 1.68 bits per heavy atom. The molecule has 6 aliphatic rings. The van der Waals surface area contributed by atoms with Crippen molar-refractivity contribution < 1.29 is 60.1 Å². The van der Waals surface area contributed by atoms with Gasteiger partial charge in [0.05, 0.1) is 68.7 Å². The van der Waals surface area contributed by atoms with Gasteiger partial charge in [-0.1, -0.05) is 146 Å². The Labute approximate surface area is 606 Å². The van der Waals surface area contributed by atoms with Crippen LogP contribution in [0, 0.1) is 5.92 Å². The number of rotatable bonds is 27. The summed E-state index contributed by atoms with van der Waals surface area (Å²) in [7, 11) is -11.9. The van der Waals surface area contributed by atoms with Crippen molar-refractivity contribution in [3.63, 3.8) is 0 Å². The minimum absolute atomic E-state index is 0.00343. The largest absolute Gasteiger partial charge is 0.414 e. The smallest absolute Gasteiger partial charge is 0.193 e. The van der Waals surface area contributed by atoms with Gasteiger partial charge < -0.3 is 55.3 Å². The summed E-state index contributed by atoms with van der Waals surface area (Å²) in [5, 5.41) is -0.285. The summed E-state index contributed by atoms with van der Waals surface area (Å²) in [5.74, 6) is 0.0842. The minimum Gasteiger partial charge on any atom is -0.414 e. The molecule has 532 valence electrons. The highest BCUT2D eigenvalue weighted by molar-refractivity contribution is 14.1. The molecule has 6 heterocycles. The van der Waals surface area contributed by atoms with Crippen molar-refractivity contribution in [2.24, 2.45) is 5.92 Å². The average molecular weight is 1710 g/mol. The van der Waals surface area contributed by atoms with Crippen molar-refractivity contribution in [1.29, 1.82) is 0 Å². The van der Waals surface area contributed by atoms with Gasteiger partial charge in [0.1, 0.15) is 30.2 Å². The number of halogens is 3. The maximum atomic E-state index is 15.4. The Hall–Kier alpha value is 1.42. The Bertz CT molecular complexity index is 2540. The van der Waals surface area contributed by atoms with Crippen molar-refractivity contribution in [3.8, 4) is 0 Å². The zero-order valence-electron chi connectivity index (χ0n) is 62.1. The number of hydrogen-bond donors (Lipinski definition) is 0. The molecule has 13 nitrogen and oxygen atoms in total. The van der Waals surface area contributed by atoms with Crippen LogP contribution in [0.4, 0.5) is 0 Å². The Kier molecular flexibility index (Phi) is 27.9. The fraction of sp³-hybridized carbons (Fsp3) is 0.873. The van der Waals surface area contributed by atoms with E-state index in [4.69, 9.17) is 55.3 Å². The van der Waals surface area contributed by atoms with Gasteiger partial charge >= 0.3 is 0 Å². The van der Waals surface area contributed by atoms with Crippen LogP contribution in [-0.2, 0) is 60.1 Å². The number of ether oxygens (including phenoxy) is 7. The molecule has 0 N–H and O–H groups in total. The SMILES string of the molecule is C=C1C[C@H](CC[C@@H]2O[C@@H](CCC3OCCO3)CC2=C)O[C@H](C[C@@H]2O[C@H](CC(CO[Si](C)(C)C(C)(C)C)O[Si](C)(C)C(C)(C)C)C[C@H]2CC(=O)C[C@H]2CC[C@@H]3O[C@](I)([C@H](/C=C/I)O[Si](C)(C)C(C)(C)C)C(O[Si](C)(C)C(C)(C)C)C(O[Si](C)(C)C(C)(C)C)[C@]3(I)O2)C1=C. The number of carbonyl (C=O) groups excluding carboxylic acids is 1. The number of fused-ring (bicyclic) bond motifs is 1. The van der Waals surface area contributed by atoms with E-state index in [1.54, 1.807) is 0 Å². The quantitative estimate of drug-likeness (QED) is 0.0335. The molecule has 0 aromatic carbocycles. The Morgan fingerprint density at radius 2 is 1.13 bits per heavy atom. The third-order valence-corrected chi connectivity index (χ3v) is 49.3. The van der Waals surface area contributed by atoms with E-state index >= 15 is 4.79 Å². The van der Waals surface area contributed by atoms with Gasteiger partial charge in [-0.25, -0.2) is 0 Å². The average Bonchev–Trinajstić information content (AvgIpc) is 1.16. The fourth-order valence-electron chi connectivity index (χ4n) is 12.2. The van der Waals surface area contributed by atoms with Crippen LogP contribution in [0.2, 0.25) is 90.7 Å². The highest BCUT2D eigenvalue weighted by Crippen LogP contribution is 2.58. The molecular formula is C71H129I3O13Si5. The van der Waals surface area contributed by atoms with Gasteiger partial charge in [-0.3, -0.25) is 4.79 Å². The normalized spacial score (nSPS) is 32.3. The highest BCUT2D eigenvalue weighted by Gasteiger charge is 2.69. The molecule has 15 atom stereocenters. The summed E-state index contributed by atoms with van der Waals surface area (Å²) >= 11 is 7.44. The second-order valence-electron chi connectivity index (χ2n) is 35.8. The van der Waals surface area contributed by atoms with Crippen molar-refractivity contribution in [2.75, 3.05) is 19.8 Å². The predicted octanol–water partition coefficient (Wildman–Crippen LogP) is 20.2. The van der Waals surface area contributed by atoms with Crippen LogP contribution < -0.4 is 0 Å². The second kappa shape index (κ2) is 31.2. The Morgan fingerprint density at radius 1 is 0.609 bits per heavy atom. The molecular weight excluding hydrogens is 1580 g/mol. The summed E-state index contributed by atoms with van der Waals surface area (Å²) in [5.41, 5.74) is 3.07. The number of hydrogen-bond acceptors (Lipinski definition) is 13. The van der Waals surface area contributed by atoms with Crippen molar-refractivity contribution in [3.05, 3.63) is 46.6 Å². The number of carbonyl (C=O) groups is 1. The van der Waals surface area contributed by atoms with Crippen LogP contribution in [-0.4, -0.2) is 154 Å². The fourth-order valence-corrected chi connectivity index (χ4v) is 21.9. The maximum absolute atomic E-state index is 15.4. The predicted molar refractivity (Wildman–Crippen MR) is 415 cm³/mol. The molecule has 0 saturated carbocycles. The highest BCUT2D eigenvalue weighted by atomic mass is 127. The zero-order chi connectivity index (χ0) is 69.6. The van der Waals surface area contributed by atoms with Crippen LogP contribution in [0.1, 0.15) is 187 Å². The molecule has 0 radical (unpaired) electrons. The van der Waals surface area contributed by atoms with Gasteiger partial charge in [0.15, 0.2) is 55.1 Å². The van der Waals surface area contributed by atoms with Gasteiger partial charge in [-0.05, 0) is 220 Å². The van der Waals surface area contributed by atoms with Gasteiger partial charge in [0.25, 0.3) is 0 Å². The van der Waals surface area contributed by atoms with Crippen molar-refractivity contribution in [2.45, 2.75) is 365 Å². The number of Topliss-reactive ketones (excluding diaryl/α,β-unsaturated/α-hetero) is 1. The van der Waals surface area contributed by atoms with E-state index in [2.05, 4.69) is 267 Å². The third-order valence-electron chi connectivity index (χ3n) is 23.5. The first-order chi connectivity index (χ1) is 41.8. The zero-order valence-corrected chi connectivity index (χ0v) is 73.6. The molecule has 0 spiro atoms. The van der Waals surface area contributed by atoms with Crippen LogP contribution in [0.5, 0.6) is 0 Å². The lowest BCUT2D eigenvalue weighted by molar-refractivity contribution is -0.279. The third kappa shape index (κ3) is 20.4. The molecule has 92 heavy (non-hydrogen) atoms. The molecule has 6 rings (SSSR count). The molecule has 0 aliphatic carbocycles. The molecule has 21 heteroatoms. The lowest BCUT2D eigenvalue weighted by Gasteiger charge is -2.62. The first kappa shape index (κ1) is 82.4. The molecule has 6 aliphatic heterocycles. The van der Waals surface area contributed by atoms with Gasteiger partial charge in [0, 0.05) is 32.1 Å². The van der Waals surface area contributed by atoms with Crippen molar-refractivity contribution >= 4 is 115 Å². The molecule has 0 amide bonds. The second-order valence-corrected chi connectivity index (χ2v) is 63.8. The monoisotopic (exact) mass is 1710 g/mol. The van der Waals surface area contributed by atoms with Crippen LogP contribution >= 0.6 is 67.8 Å². The van der Waals surface area contributed by atoms with E-state index in [1.165, 1.54) is 0 Å². The van der Waals surface area contributed by atoms with E-state index in [0.29, 0.717) is 64.8 Å². The van der Waals surface area contributed by atoms with E-state index in [9.17, 15) is 0 Å². The number of ketones is 1. The summed E-state index contributed by atoms with van der Waals surface area (Å²) < 4.78 is 85.5. The van der Waals surface area contributed by atoms with Gasteiger partial charge in [-0.15, -0.1) is 0 Å². The summed E-state index contributed by atoms with van der Waals surface area (Å²) in [6.07, 6.45) is 7.55. The number of alkyl halides is 2. The molecule has 0 aromatic heterocycles. The summed E-state index contributed by atoms with van der Waals surface area (Å²) in [4.78, 5) is 15.4. The molecule has 6 saturated heterocycles. The van der Waals surface area contributed by atoms with E-state index in [1.807, 2.05) is 0 Å². The lowest BCUT2D eigenvalue weighted by Crippen LogP contribution is -2.75. The summed E-state index contributed by atoms with van der Waals surface area (Å²) in [6, 6.07) is 0. The Balaban J connectivity index is 1.31. The molecule has 0 bridgehead atoms. The summed E-state index contributed by atoms with van der Waals surface area (Å²) in [6.45, 7) is 73.1.